The molecule has 0 heterocycles. The highest BCUT2D eigenvalue weighted by atomic mass is 32.2. The number of aryl methyl sites for hydroxylation is 2. The topological polar surface area (TPSA) is 84.5 Å². The van der Waals surface area contributed by atoms with Gasteiger partial charge in [0.2, 0.25) is 0 Å². The lowest BCUT2D eigenvalue weighted by Crippen LogP contribution is -2.22. The maximum Gasteiger partial charge on any atom is 0.418 e. The number of carbonyl (C=O) groups excluding carboxylic acids is 1. The molecule has 0 saturated heterocycles. The predicted molar refractivity (Wildman–Crippen MR) is 119 cm³/mol. The van der Waals surface area contributed by atoms with E-state index in [1.807, 2.05) is 19.1 Å². The zero-order chi connectivity index (χ0) is 24.2. The van der Waals surface area contributed by atoms with Gasteiger partial charge in [-0.15, -0.1) is 0 Å². The number of anilines is 2. The van der Waals surface area contributed by atoms with E-state index in [1.54, 1.807) is 13.0 Å². The van der Waals surface area contributed by atoms with E-state index in [-0.39, 0.29) is 16.3 Å². The van der Waals surface area contributed by atoms with Crippen LogP contribution in [0.15, 0.2) is 71.6 Å². The van der Waals surface area contributed by atoms with Crippen LogP contribution in [0.2, 0.25) is 0 Å². The Morgan fingerprint density at radius 3 is 2.27 bits per heavy atom. The minimum Gasteiger partial charge on any atom is -0.484 e. The van der Waals surface area contributed by atoms with Gasteiger partial charge in [0.1, 0.15) is 5.75 Å². The summed E-state index contributed by atoms with van der Waals surface area (Å²) >= 11 is 0. The third-order valence-corrected chi connectivity index (χ3v) is 6.03. The number of ether oxygens (including phenoxy) is 1. The van der Waals surface area contributed by atoms with Crippen LogP contribution in [0.25, 0.3) is 0 Å². The van der Waals surface area contributed by atoms with Gasteiger partial charge in [0.05, 0.1) is 21.8 Å². The molecule has 33 heavy (non-hydrogen) atoms. The van der Waals surface area contributed by atoms with E-state index >= 15 is 0 Å². The first-order chi connectivity index (χ1) is 15.5. The molecule has 6 nitrogen and oxygen atoms in total. The monoisotopic (exact) mass is 478 g/mol. The normalized spacial score (nSPS) is 11.7. The van der Waals surface area contributed by atoms with Crippen molar-refractivity contribution in [3.63, 3.8) is 0 Å². The lowest BCUT2D eigenvalue weighted by molar-refractivity contribution is -0.137. The number of carbonyl (C=O) groups is 1. The van der Waals surface area contributed by atoms with Crippen molar-refractivity contribution in [3.8, 4) is 5.75 Å². The molecule has 174 valence electrons. The molecule has 0 unspecified atom stereocenters. The molecule has 0 radical (unpaired) electrons. The van der Waals surface area contributed by atoms with Crippen molar-refractivity contribution in [2.24, 2.45) is 0 Å². The van der Waals surface area contributed by atoms with Crippen molar-refractivity contribution < 1.29 is 31.1 Å². The number of amides is 1. The van der Waals surface area contributed by atoms with E-state index in [4.69, 9.17) is 4.74 Å². The summed E-state index contributed by atoms with van der Waals surface area (Å²) in [5, 5.41) is 2.17. The molecule has 1 amide bonds. The molecule has 3 aromatic carbocycles. The van der Waals surface area contributed by atoms with Crippen LogP contribution in [-0.2, 0) is 21.0 Å². The van der Waals surface area contributed by atoms with Crippen LogP contribution in [0, 0.1) is 13.8 Å². The molecule has 0 fully saturated rings. The lowest BCUT2D eigenvalue weighted by atomic mass is 10.1. The first kappa shape index (κ1) is 24.1. The van der Waals surface area contributed by atoms with E-state index in [9.17, 15) is 26.4 Å². The molecule has 0 spiro atoms. The largest absolute Gasteiger partial charge is 0.484 e. The zero-order valence-electron chi connectivity index (χ0n) is 17.7. The fourth-order valence-corrected chi connectivity index (χ4v) is 4.06. The van der Waals surface area contributed by atoms with Gasteiger partial charge < -0.3 is 10.1 Å². The SMILES string of the molecule is Cc1ccc(C)c(NS(=O)(=O)c2ccc(OCC(=O)Nc3ccccc3C(F)(F)F)cc2)c1. The van der Waals surface area contributed by atoms with E-state index in [1.165, 1.54) is 36.4 Å². The number of hydrogen-bond acceptors (Lipinski definition) is 4. The van der Waals surface area contributed by atoms with Crippen molar-refractivity contribution >= 4 is 27.3 Å². The molecule has 3 aromatic rings. The van der Waals surface area contributed by atoms with E-state index < -0.39 is 34.3 Å². The first-order valence-electron chi connectivity index (χ1n) is 9.75. The fourth-order valence-electron chi connectivity index (χ4n) is 2.94. The highest BCUT2D eigenvalue weighted by Crippen LogP contribution is 2.34. The molecule has 0 bridgehead atoms. The number of sulfonamides is 1. The zero-order valence-corrected chi connectivity index (χ0v) is 18.5. The Kier molecular flexibility index (Phi) is 6.97. The summed E-state index contributed by atoms with van der Waals surface area (Å²) in [6, 6.07) is 15.3. The first-order valence-corrected chi connectivity index (χ1v) is 11.2. The summed E-state index contributed by atoms with van der Waals surface area (Å²) in [6.07, 6.45) is -4.61. The van der Waals surface area contributed by atoms with Crippen LogP contribution in [0.1, 0.15) is 16.7 Å². The summed E-state index contributed by atoms with van der Waals surface area (Å²) in [4.78, 5) is 12.0. The molecule has 0 aromatic heterocycles. The molecule has 0 atom stereocenters. The number of benzene rings is 3. The Morgan fingerprint density at radius 1 is 0.939 bits per heavy atom. The van der Waals surface area contributed by atoms with Gasteiger partial charge in [-0.25, -0.2) is 8.42 Å². The van der Waals surface area contributed by atoms with Gasteiger partial charge in [0, 0.05) is 0 Å². The molecule has 0 saturated carbocycles. The Labute approximate surface area is 189 Å². The highest BCUT2D eigenvalue weighted by molar-refractivity contribution is 7.92. The van der Waals surface area contributed by atoms with Gasteiger partial charge in [-0.3, -0.25) is 9.52 Å². The van der Waals surface area contributed by atoms with Crippen LogP contribution < -0.4 is 14.8 Å². The van der Waals surface area contributed by atoms with Crippen LogP contribution in [0.5, 0.6) is 5.75 Å². The van der Waals surface area contributed by atoms with Crippen molar-refractivity contribution in [2.75, 3.05) is 16.6 Å². The molecule has 10 heteroatoms. The second-order valence-corrected chi connectivity index (χ2v) is 8.96. The van der Waals surface area contributed by atoms with E-state index in [0.717, 1.165) is 23.3 Å². The Hall–Kier alpha value is -3.53. The van der Waals surface area contributed by atoms with Gasteiger partial charge in [0.15, 0.2) is 6.61 Å². The molecular weight excluding hydrogens is 457 g/mol. The van der Waals surface area contributed by atoms with Gasteiger partial charge in [-0.05, 0) is 67.4 Å². The third-order valence-electron chi connectivity index (χ3n) is 4.65. The van der Waals surface area contributed by atoms with Gasteiger partial charge in [0.25, 0.3) is 15.9 Å². The smallest absolute Gasteiger partial charge is 0.418 e. The summed E-state index contributed by atoms with van der Waals surface area (Å²) in [6.45, 7) is 3.08. The average molecular weight is 478 g/mol. The number of rotatable bonds is 7. The molecule has 0 aliphatic heterocycles. The predicted octanol–water partition coefficient (Wildman–Crippen LogP) is 5.14. The van der Waals surface area contributed by atoms with Gasteiger partial charge in [-0.1, -0.05) is 24.3 Å². The third kappa shape index (κ3) is 6.26. The molecule has 2 N–H and O–H groups in total. The minimum atomic E-state index is -4.61. The average Bonchev–Trinajstić information content (AvgIpc) is 2.74. The summed E-state index contributed by atoms with van der Waals surface area (Å²) in [5.74, 6) is -0.611. The second kappa shape index (κ2) is 9.53. The van der Waals surface area contributed by atoms with Crippen LogP contribution in [0.4, 0.5) is 24.5 Å². The van der Waals surface area contributed by atoms with E-state index in [2.05, 4.69) is 10.0 Å². The maximum absolute atomic E-state index is 13.0. The Bertz CT molecular complexity index is 1260. The molecule has 0 aliphatic carbocycles. The van der Waals surface area contributed by atoms with Crippen molar-refractivity contribution in [2.45, 2.75) is 24.9 Å². The molecular formula is C23H21F3N2O4S. The van der Waals surface area contributed by atoms with Crippen LogP contribution >= 0.6 is 0 Å². The van der Waals surface area contributed by atoms with Crippen molar-refractivity contribution in [1.82, 2.24) is 0 Å². The summed E-state index contributed by atoms with van der Waals surface area (Å²) in [7, 11) is -3.85. The quantitative estimate of drug-likeness (QED) is 0.493. The van der Waals surface area contributed by atoms with Crippen LogP contribution in [0.3, 0.4) is 0 Å². The highest BCUT2D eigenvalue weighted by Gasteiger charge is 2.33. The van der Waals surface area contributed by atoms with Gasteiger partial charge in [-0.2, -0.15) is 13.2 Å². The number of para-hydroxylation sites is 1. The molecule has 3 rings (SSSR count). The molecule has 0 aliphatic rings. The van der Waals surface area contributed by atoms with Gasteiger partial charge >= 0.3 is 6.18 Å². The maximum atomic E-state index is 13.0. The Balaban J connectivity index is 1.63. The Morgan fingerprint density at radius 2 is 1.61 bits per heavy atom. The minimum absolute atomic E-state index is 0.0145. The number of halogens is 3. The number of nitrogens with one attached hydrogen (secondary N) is 2. The van der Waals surface area contributed by atoms with Crippen LogP contribution in [-0.4, -0.2) is 20.9 Å². The van der Waals surface area contributed by atoms with Crippen molar-refractivity contribution in [3.05, 3.63) is 83.4 Å². The number of alkyl halides is 3. The second-order valence-electron chi connectivity index (χ2n) is 7.28. The van der Waals surface area contributed by atoms with Crippen molar-refractivity contribution in [1.29, 1.82) is 0 Å². The summed E-state index contributed by atoms with van der Waals surface area (Å²) < 4.78 is 72.2. The number of hydrogen-bond donors (Lipinski definition) is 2. The lowest BCUT2D eigenvalue weighted by Gasteiger charge is -2.14. The standard InChI is InChI=1S/C23H21F3N2O4S/c1-15-7-8-16(2)21(13-15)28-33(30,31)18-11-9-17(10-12-18)32-14-22(29)27-20-6-4-3-5-19(20)23(24,25)26/h3-13,28H,14H2,1-2H3,(H,27,29). The summed E-state index contributed by atoms with van der Waals surface area (Å²) in [5.41, 5.74) is 0.786. The fraction of sp³-hybridized carbons (Fsp3) is 0.174. The van der Waals surface area contributed by atoms with E-state index in [0.29, 0.717) is 5.69 Å².